The van der Waals surface area contributed by atoms with Crippen LogP contribution in [-0.4, -0.2) is 48.8 Å². The summed E-state index contributed by atoms with van der Waals surface area (Å²) in [5.74, 6) is 0.747. The summed E-state index contributed by atoms with van der Waals surface area (Å²) in [4.78, 5) is 2.04. The Morgan fingerprint density at radius 3 is 2.30 bits per heavy atom. The maximum atomic E-state index is 11.3. The van der Waals surface area contributed by atoms with Crippen LogP contribution in [0.3, 0.4) is 0 Å². The second-order valence-corrected chi connectivity index (χ2v) is 5.95. The standard InChI is InChI=1S/C6H18N2OS/c1-7-10(4,9)6-5-8(2)3/h10H,5-6H2,1-4H3,(H,7,9). The molecule has 1 N–H and O–H groups in total. The van der Waals surface area contributed by atoms with Crippen LogP contribution in [0.4, 0.5) is 0 Å². The van der Waals surface area contributed by atoms with Crippen molar-refractivity contribution in [3.8, 4) is 0 Å². The molecule has 0 aliphatic heterocycles. The minimum absolute atomic E-state index is 0.747. The van der Waals surface area contributed by atoms with E-state index in [2.05, 4.69) is 4.72 Å². The molecule has 0 bridgehead atoms. The van der Waals surface area contributed by atoms with E-state index in [0.29, 0.717) is 0 Å². The third-order valence-corrected chi connectivity index (χ3v) is 3.45. The molecule has 0 unspecified atom stereocenters. The Bertz CT molecular complexity index is 136. The number of hydrogen-bond acceptors (Lipinski definition) is 2. The van der Waals surface area contributed by atoms with Crippen LogP contribution in [0.1, 0.15) is 0 Å². The van der Waals surface area contributed by atoms with Crippen LogP contribution in [0.5, 0.6) is 0 Å². The van der Waals surface area contributed by atoms with Gasteiger partial charge in [-0.15, -0.1) is 0 Å². The first kappa shape index (κ1) is 10.1. The largest absolute Gasteiger partial charge is 0.309 e. The molecule has 0 aliphatic rings. The molecule has 0 rings (SSSR count). The maximum absolute atomic E-state index is 11.3. The van der Waals surface area contributed by atoms with Crippen LogP contribution >= 0.6 is 0 Å². The molecule has 0 aromatic rings. The van der Waals surface area contributed by atoms with E-state index >= 15 is 0 Å². The van der Waals surface area contributed by atoms with E-state index in [9.17, 15) is 4.21 Å². The van der Waals surface area contributed by atoms with Crippen LogP contribution in [0, 0.1) is 0 Å². The first-order valence-corrected chi connectivity index (χ1v) is 5.72. The average molecular weight is 166 g/mol. The van der Waals surface area contributed by atoms with Gasteiger partial charge in [-0.05, 0) is 21.1 Å². The van der Waals surface area contributed by atoms with Crippen molar-refractivity contribution in [2.45, 2.75) is 0 Å². The lowest BCUT2D eigenvalue weighted by atomic mass is 10.7. The van der Waals surface area contributed by atoms with E-state index in [-0.39, 0.29) is 0 Å². The van der Waals surface area contributed by atoms with E-state index in [1.165, 1.54) is 0 Å². The number of nitrogens with zero attached hydrogens (tertiary/aromatic N) is 1. The third-order valence-electron chi connectivity index (χ3n) is 1.45. The Hall–Kier alpha value is 0.0700. The van der Waals surface area contributed by atoms with Crippen molar-refractivity contribution in [2.24, 2.45) is 0 Å². The van der Waals surface area contributed by atoms with Crippen molar-refractivity contribution in [1.82, 2.24) is 9.62 Å². The Morgan fingerprint density at radius 1 is 1.50 bits per heavy atom. The number of rotatable bonds is 4. The summed E-state index contributed by atoms with van der Waals surface area (Å²) < 4.78 is 14.2. The molecule has 64 valence electrons. The Kier molecular flexibility index (Phi) is 4.08. The molecule has 0 heterocycles. The highest BCUT2D eigenvalue weighted by atomic mass is 32.3. The van der Waals surface area contributed by atoms with Crippen molar-refractivity contribution >= 4 is 10.1 Å². The number of thiol groups is 1. The van der Waals surface area contributed by atoms with Crippen molar-refractivity contribution < 1.29 is 4.21 Å². The van der Waals surface area contributed by atoms with Gasteiger partial charge in [0.1, 0.15) is 0 Å². The van der Waals surface area contributed by atoms with Gasteiger partial charge in [0.25, 0.3) is 0 Å². The van der Waals surface area contributed by atoms with Crippen molar-refractivity contribution in [2.75, 3.05) is 39.7 Å². The summed E-state index contributed by atoms with van der Waals surface area (Å²) in [6.07, 6.45) is 1.77. The zero-order valence-electron chi connectivity index (χ0n) is 7.22. The molecule has 0 saturated heterocycles. The maximum Gasteiger partial charge on any atom is 0.0253 e. The lowest BCUT2D eigenvalue weighted by molar-refractivity contribution is 0.434. The highest BCUT2D eigenvalue weighted by Gasteiger charge is 2.03. The molecule has 10 heavy (non-hydrogen) atoms. The molecule has 0 saturated carbocycles. The molecular formula is C6H18N2OS. The zero-order valence-corrected chi connectivity index (χ0v) is 8.11. The summed E-state index contributed by atoms with van der Waals surface area (Å²) in [5.41, 5.74) is 0. The van der Waals surface area contributed by atoms with E-state index in [4.69, 9.17) is 0 Å². The molecule has 0 fully saturated rings. The first-order valence-electron chi connectivity index (χ1n) is 3.38. The van der Waals surface area contributed by atoms with Gasteiger partial charge in [-0.1, -0.05) is 10.1 Å². The van der Waals surface area contributed by atoms with E-state index in [1.54, 1.807) is 13.3 Å². The zero-order chi connectivity index (χ0) is 8.20. The second-order valence-electron chi connectivity index (χ2n) is 2.85. The Balaban J connectivity index is 3.58. The predicted octanol–water partition coefficient (Wildman–Crippen LogP) is -0.671. The van der Waals surface area contributed by atoms with Gasteiger partial charge in [0, 0.05) is 18.6 Å². The lowest BCUT2D eigenvalue weighted by Crippen LogP contribution is -2.34. The van der Waals surface area contributed by atoms with E-state index in [1.807, 2.05) is 19.0 Å². The fraction of sp³-hybridized carbons (Fsp3) is 1.00. The van der Waals surface area contributed by atoms with Gasteiger partial charge in [0.15, 0.2) is 0 Å². The van der Waals surface area contributed by atoms with Crippen LogP contribution in [0.2, 0.25) is 0 Å². The molecule has 0 amide bonds. The molecular weight excluding hydrogens is 148 g/mol. The Morgan fingerprint density at radius 2 is 2.00 bits per heavy atom. The Labute approximate surface area is 64.4 Å². The van der Waals surface area contributed by atoms with Gasteiger partial charge >= 0.3 is 0 Å². The molecule has 3 nitrogen and oxygen atoms in total. The van der Waals surface area contributed by atoms with Crippen molar-refractivity contribution in [1.29, 1.82) is 0 Å². The topological polar surface area (TPSA) is 32.3 Å². The molecule has 0 atom stereocenters. The first-order chi connectivity index (χ1) is 4.48. The molecule has 0 aromatic heterocycles. The monoisotopic (exact) mass is 166 g/mol. The molecule has 0 spiro atoms. The third kappa shape index (κ3) is 4.90. The SMILES string of the molecule is CN[SH](C)(=O)CCN(C)C. The molecule has 0 aliphatic carbocycles. The van der Waals surface area contributed by atoms with Gasteiger partial charge in [-0.3, -0.25) is 8.93 Å². The van der Waals surface area contributed by atoms with Gasteiger partial charge in [-0.25, -0.2) is 0 Å². The average Bonchev–Trinajstić information content (AvgIpc) is 1.85. The van der Waals surface area contributed by atoms with Gasteiger partial charge < -0.3 is 4.90 Å². The minimum Gasteiger partial charge on any atom is -0.309 e. The summed E-state index contributed by atoms with van der Waals surface area (Å²) in [6.45, 7) is 0.884. The van der Waals surface area contributed by atoms with E-state index < -0.39 is 10.1 Å². The van der Waals surface area contributed by atoms with Crippen molar-refractivity contribution in [3.05, 3.63) is 0 Å². The van der Waals surface area contributed by atoms with Gasteiger partial charge in [0.2, 0.25) is 0 Å². The molecule has 4 heteroatoms. The fourth-order valence-corrected chi connectivity index (χ4v) is 1.51. The normalized spacial score (nSPS) is 14.1. The van der Waals surface area contributed by atoms with Crippen LogP contribution in [0.15, 0.2) is 0 Å². The summed E-state index contributed by atoms with van der Waals surface area (Å²) in [5, 5.41) is 0. The summed E-state index contributed by atoms with van der Waals surface area (Å²) in [7, 11) is 3.69. The number of nitrogens with one attached hydrogen (secondary N) is 1. The second kappa shape index (κ2) is 4.05. The quantitative estimate of drug-likeness (QED) is 0.543. The molecule has 0 radical (unpaired) electrons. The van der Waals surface area contributed by atoms with E-state index in [0.717, 1.165) is 12.3 Å². The minimum atomic E-state index is -2.02. The van der Waals surface area contributed by atoms with Crippen LogP contribution in [-0.2, 0) is 10.1 Å². The number of hydrogen-bond donors (Lipinski definition) is 2. The summed E-state index contributed by atoms with van der Waals surface area (Å²) >= 11 is 0. The predicted molar refractivity (Wildman–Crippen MR) is 47.9 cm³/mol. The molecule has 0 aromatic carbocycles. The fourth-order valence-electron chi connectivity index (χ4n) is 0.503. The summed E-state index contributed by atoms with van der Waals surface area (Å²) in [6, 6.07) is 0. The highest BCUT2D eigenvalue weighted by Crippen LogP contribution is 1.91. The van der Waals surface area contributed by atoms with Gasteiger partial charge in [0.05, 0.1) is 0 Å². The van der Waals surface area contributed by atoms with Gasteiger partial charge in [-0.2, -0.15) is 0 Å². The van der Waals surface area contributed by atoms with Crippen LogP contribution in [0.25, 0.3) is 0 Å². The highest BCUT2D eigenvalue weighted by molar-refractivity contribution is 8.00. The smallest absolute Gasteiger partial charge is 0.0253 e. The van der Waals surface area contributed by atoms with Crippen molar-refractivity contribution in [3.63, 3.8) is 0 Å². The lowest BCUT2D eigenvalue weighted by Gasteiger charge is -2.19. The van der Waals surface area contributed by atoms with Crippen LogP contribution < -0.4 is 4.72 Å².